The number of para-hydroxylation sites is 1. The van der Waals surface area contributed by atoms with E-state index in [1.165, 1.54) is 24.3 Å². The summed E-state index contributed by atoms with van der Waals surface area (Å²) in [6, 6.07) is 14.7. The van der Waals surface area contributed by atoms with Crippen LogP contribution in [-0.2, 0) is 9.84 Å². The molecule has 0 aromatic heterocycles. The molecule has 0 heterocycles. The fourth-order valence-corrected chi connectivity index (χ4v) is 2.92. The quantitative estimate of drug-likeness (QED) is 0.848. The summed E-state index contributed by atoms with van der Waals surface area (Å²) < 4.78 is 29.6. The van der Waals surface area contributed by atoms with Gasteiger partial charge in [0.05, 0.1) is 16.2 Å². The number of hydrogen-bond donors (Lipinski definition) is 0. The van der Waals surface area contributed by atoms with E-state index in [1.54, 1.807) is 24.3 Å². The molecule has 6 heteroatoms. The van der Waals surface area contributed by atoms with Gasteiger partial charge in [-0.25, -0.2) is 8.42 Å². The van der Waals surface area contributed by atoms with E-state index >= 15 is 0 Å². The van der Waals surface area contributed by atoms with Crippen molar-refractivity contribution in [3.05, 3.63) is 59.1 Å². The second-order valence-corrected chi connectivity index (χ2v) is 6.77. The molecule has 0 spiro atoms. The van der Waals surface area contributed by atoms with E-state index in [0.29, 0.717) is 16.3 Å². The fraction of sp³-hybridized carbons (Fsp3) is 0.133. The monoisotopic (exact) mass is 321 g/mol. The average Bonchev–Trinajstić information content (AvgIpc) is 2.48. The number of nitrogens with zero attached hydrogens (tertiary/aromatic N) is 1. The van der Waals surface area contributed by atoms with E-state index in [9.17, 15) is 8.42 Å². The van der Waals surface area contributed by atoms with Crippen molar-refractivity contribution >= 4 is 21.4 Å². The third-order valence-electron chi connectivity index (χ3n) is 2.79. The lowest BCUT2D eigenvalue weighted by molar-refractivity contribution is 0.340. The molecule has 0 N–H and O–H groups in total. The van der Waals surface area contributed by atoms with Crippen LogP contribution in [-0.4, -0.2) is 20.8 Å². The molecule has 0 unspecified atom stereocenters. The van der Waals surface area contributed by atoms with Crippen molar-refractivity contribution in [2.24, 2.45) is 0 Å². The molecular formula is C15H12ClNO3S. The summed E-state index contributed by atoms with van der Waals surface area (Å²) in [5, 5.41) is 9.40. The molecule has 0 aliphatic carbocycles. The SMILES string of the molecule is N#Cc1ccccc1OCCS(=O)(=O)c1ccc(Cl)cc1. The molecule has 0 atom stereocenters. The van der Waals surface area contributed by atoms with Crippen LogP contribution in [0.4, 0.5) is 0 Å². The highest BCUT2D eigenvalue weighted by Crippen LogP contribution is 2.18. The molecule has 0 aliphatic heterocycles. The number of rotatable bonds is 5. The Hall–Kier alpha value is -2.03. The van der Waals surface area contributed by atoms with Crippen LogP contribution in [0.2, 0.25) is 5.02 Å². The average molecular weight is 322 g/mol. The molecule has 0 amide bonds. The highest BCUT2D eigenvalue weighted by atomic mass is 35.5. The normalized spacial score (nSPS) is 10.9. The lowest BCUT2D eigenvalue weighted by Gasteiger charge is -2.08. The second kappa shape index (κ2) is 6.61. The largest absolute Gasteiger partial charge is 0.491 e. The molecule has 0 saturated heterocycles. The molecule has 0 fully saturated rings. The van der Waals surface area contributed by atoms with Gasteiger partial charge in [0.1, 0.15) is 18.4 Å². The van der Waals surface area contributed by atoms with Crippen molar-refractivity contribution in [2.45, 2.75) is 4.90 Å². The van der Waals surface area contributed by atoms with Crippen LogP contribution in [0.25, 0.3) is 0 Å². The van der Waals surface area contributed by atoms with Crippen molar-refractivity contribution in [3.8, 4) is 11.8 Å². The first-order valence-electron chi connectivity index (χ1n) is 6.13. The topological polar surface area (TPSA) is 67.2 Å². The fourth-order valence-electron chi connectivity index (χ4n) is 1.71. The zero-order chi connectivity index (χ0) is 15.3. The van der Waals surface area contributed by atoms with Gasteiger partial charge in [-0.1, -0.05) is 23.7 Å². The number of nitriles is 1. The molecule has 0 aliphatic rings. The Kier molecular flexibility index (Phi) is 4.84. The molecule has 0 bridgehead atoms. The van der Waals surface area contributed by atoms with Crippen LogP contribution < -0.4 is 4.74 Å². The predicted octanol–water partition coefficient (Wildman–Crippen LogP) is 3.06. The molecule has 2 aromatic rings. The van der Waals surface area contributed by atoms with Gasteiger partial charge < -0.3 is 4.74 Å². The van der Waals surface area contributed by atoms with Crippen LogP contribution in [0.5, 0.6) is 5.75 Å². The molecule has 21 heavy (non-hydrogen) atoms. The first kappa shape index (κ1) is 15.4. The van der Waals surface area contributed by atoms with Crippen molar-refractivity contribution in [2.75, 3.05) is 12.4 Å². The van der Waals surface area contributed by atoms with Crippen molar-refractivity contribution < 1.29 is 13.2 Å². The third kappa shape index (κ3) is 3.97. The highest BCUT2D eigenvalue weighted by Gasteiger charge is 2.14. The lowest BCUT2D eigenvalue weighted by Crippen LogP contribution is -2.14. The van der Waals surface area contributed by atoms with E-state index in [0.717, 1.165) is 0 Å². The molecule has 2 aromatic carbocycles. The molecule has 0 saturated carbocycles. The zero-order valence-corrected chi connectivity index (χ0v) is 12.6. The number of benzene rings is 2. The maximum Gasteiger partial charge on any atom is 0.181 e. The van der Waals surface area contributed by atoms with Gasteiger partial charge >= 0.3 is 0 Å². The number of ether oxygens (including phenoxy) is 1. The molecule has 4 nitrogen and oxygen atoms in total. The molecule has 0 radical (unpaired) electrons. The third-order valence-corrected chi connectivity index (χ3v) is 4.74. The Morgan fingerprint density at radius 2 is 1.76 bits per heavy atom. The lowest BCUT2D eigenvalue weighted by atomic mass is 10.2. The predicted molar refractivity (Wildman–Crippen MR) is 80.2 cm³/mol. The Balaban J connectivity index is 2.03. The van der Waals surface area contributed by atoms with Crippen molar-refractivity contribution in [3.63, 3.8) is 0 Å². The summed E-state index contributed by atoms with van der Waals surface area (Å²) in [7, 11) is -3.43. The van der Waals surface area contributed by atoms with Gasteiger partial charge in [0, 0.05) is 5.02 Å². The summed E-state index contributed by atoms with van der Waals surface area (Å²) >= 11 is 5.73. The summed E-state index contributed by atoms with van der Waals surface area (Å²) in [5.41, 5.74) is 0.376. The van der Waals surface area contributed by atoms with Crippen molar-refractivity contribution in [1.29, 1.82) is 5.26 Å². The number of hydrogen-bond acceptors (Lipinski definition) is 4. The Morgan fingerprint density at radius 3 is 2.43 bits per heavy atom. The number of sulfone groups is 1. The Labute approximate surface area is 128 Å². The first-order chi connectivity index (χ1) is 10.0. The van der Waals surface area contributed by atoms with Crippen LogP contribution >= 0.6 is 11.6 Å². The summed E-state index contributed by atoms with van der Waals surface area (Å²) in [6.07, 6.45) is 0. The minimum Gasteiger partial charge on any atom is -0.491 e. The van der Waals surface area contributed by atoms with Gasteiger partial charge in [-0.2, -0.15) is 5.26 Å². The Morgan fingerprint density at radius 1 is 1.10 bits per heavy atom. The minimum absolute atomic E-state index is 0.0242. The van der Waals surface area contributed by atoms with Crippen LogP contribution in [0.15, 0.2) is 53.4 Å². The van der Waals surface area contributed by atoms with E-state index in [2.05, 4.69) is 0 Å². The van der Waals surface area contributed by atoms with E-state index in [1.807, 2.05) is 6.07 Å². The molecule has 108 valence electrons. The van der Waals surface area contributed by atoms with Gasteiger partial charge in [-0.3, -0.25) is 0 Å². The van der Waals surface area contributed by atoms with Gasteiger partial charge in [-0.15, -0.1) is 0 Å². The van der Waals surface area contributed by atoms with Gasteiger partial charge in [0.2, 0.25) is 0 Å². The van der Waals surface area contributed by atoms with E-state index in [4.69, 9.17) is 21.6 Å². The zero-order valence-electron chi connectivity index (χ0n) is 11.0. The molecular weight excluding hydrogens is 310 g/mol. The smallest absolute Gasteiger partial charge is 0.181 e. The molecule has 2 rings (SSSR count). The maximum absolute atomic E-state index is 12.1. The van der Waals surface area contributed by atoms with Crippen LogP contribution in [0.1, 0.15) is 5.56 Å². The second-order valence-electron chi connectivity index (χ2n) is 4.23. The Bertz CT molecular complexity index is 764. The van der Waals surface area contributed by atoms with Gasteiger partial charge in [-0.05, 0) is 36.4 Å². The van der Waals surface area contributed by atoms with E-state index in [-0.39, 0.29) is 17.3 Å². The summed E-state index contributed by atoms with van der Waals surface area (Å²) in [6.45, 7) is -0.0242. The van der Waals surface area contributed by atoms with Gasteiger partial charge in [0.15, 0.2) is 9.84 Å². The minimum atomic E-state index is -3.43. The van der Waals surface area contributed by atoms with Crippen LogP contribution in [0.3, 0.4) is 0 Å². The highest BCUT2D eigenvalue weighted by molar-refractivity contribution is 7.91. The van der Waals surface area contributed by atoms with E-state index < -0.39 is 9.84 Å². The first-order valence-corrected chi connectivity index (χ1v) is 8.16. The van der Waals surface area contributed by atoms with Crippen LogP contribution in [0, 0.1) is 11.3 Å². The maximum atomic E-state index is 12.1. The standard InChI is InChI=1S/C15H12ClNO3S/c16-13-5-7-14(8-6-13)21(18,19)10-9-20-15-4-2-1-3-12(15)11-17/h1-8H,9-10H2. The van der Waals surface area contributed by atoms with Gasteiger partial charge in [0.25, 0.3) is 0 Å². The summed E-state index contributed by atoms with van der Waals surface area (Å²) in [4.78, 5) is 0.198. The number of halogens is 1. The summed E-state index contributed by atoms with van der Waals surface area (Å²) in [5.74, 6) is 0.209. The van der Waals surface area contributed by atoms with Crippen molar-refractivity contribution in [1.82, 2.24) is 0 Å².